The van der Waals surface area contributed by atoms with Gasteiger partial charge in [-0.15, -0.1) is 0 Å². The first-order valence-corrected chi connectivity index (χ1v) is 10.4. The second kappa shape index (κ2) is 8.29. The molecule has 1 saturated heterocycles. The summed E-state index contributed by atoms with van der Waals surface area (Å²) in [4.78, 5) is 2.49. The van der Waals surface area contributed by atoms with Crippen molar-refractivity contribution in [2.45, 2.75) is 18.4 Å². The Morgan fingerprint density at radius 1 is 0.926 bits per heavy atom. The number of ether oxygens (including phenoxy) is 2. The van der Waals surface area contributed by atoms with Crippen LogP contribution in [0.25, 0.3) is 0 Å². The van der Waals surface area contributed by atoms with Crippen molar-refractivity contribution in [2.75, 3.05) is 40.4 Å². The van der Waals surface area contributed by atoms with Gasteiger partial charge in [0, 0.05) is 38.3 Å². The Morgan fingerprint density at radius 2 is 1.59 bits per heavy atom. The fraction of sp³-hybridized carbons (Fsp3) is 0.400. The number of methoxy groups -OCH3 is 2. The molecule has 0 aromatic heterocycles. The third-order valence-corrected chi connectivity index (χ3v) is 6.77. The summed E-state index contributed by atoms with van der Waals surface area (Å²) in [6.45, 7) is 4.87. The minimum Gasteiger partial charge on any atom is -0.496 e. The van der Waals surface area contributed by atoms with Crippen LogP contribution in [0.3, 0.4) is 0 Å². The highest BCUT2D eigenvalue weighted by molar-refractivity contribution is 7.89. The van der Waals surface area contributed by atoms with Gasteiger partial charge in [0.25, 0.3) is 0 Å². The van der Waals surface area contributed by atoms with Crippen LogP contribution in [0.1, 0.15) is 11.1 Å². The molecule has 0 spiro atoms. The molecular formula is C20H26N2O4S. The van der Waals surface area contributed by atoms with Crippen molar-refractivity contribution in [3.05, 3.63) is 53.6 Å². The fourth-order valence-electron chi connectivity index (χ4n) is 3.33. The minimum atomic E-state index is -3.58. The number of aryl methyl sites for hydroxylation is 1. The van der Waals surface area contributed by atoms with E-state index in [0.717, 1.165) is 23.4 Å². The molecule has 1 fully saturated rings. The first-order chi connectivity index (χ1) is 13.0. The number of rotatable bonds is 6. The lowest BCUT2D eigenvalue weighted by Gasteiger charge is -2.34. The van der Waals surface area contributed by atoms with Crippen LogP contribution in [-0.2, 0) is 16.6 Å². The molecule has 27 heavy (non-hydrogen) atoms. The predicted molar refractivity (Wildman–Crippen MR) is 105 cm³/mol. The zero-order valence-electron chi connectivity index (χ0n) is 16.0. The van der Waals surface area contributed by atoms with Gasteiger partial charge in [-0.05, 0) is 30.7 Å². The van der Waals surface area contributed by atoms with Crippen LogP contribution in [0.15, 0.2) is 47.4 Å². The number of hydrogen-bond donors (Lipinski definition) is 0. The molecule has 146 valence electrons. The van der Waals surface area contributed by atoms with Gasteiger partial charge >= 0.3 is 0 Å². The summed E-state index contributed by atoms with van der Waals surface area (Å²) in [5.41, 5.74) is 2.00. The highest BCUT2D eigenvalue weighted by Crippen LogP contribution is 2.29. The molecule has 2 aromatic carbocycles. The van der Waals surface area contributed by atoms with Crippen LogP contribution in [0.4, 0.5) is 0 Å². The molecule has 1 aliphatic rings. The van der Waals surface area contributed by atoms with Crippen LogP contribution in [0.2, 0.25) is 0 Å². The normalized spacial score (nSPS) is 16.3. The van der Waals surface area contributed by atoms with E-state index in [-0.39, 0.29) is 4.90 Å². The molecule has 3 rings (SSSR count). The third kappa shape index (κ3) is 4.26. The zero-order chi connectivity index (χ0) is 19.4. The van der Waals surface area contributed by atoms with Gasteiger partial charge in [-0.2, -0.15) is 4.31 Å². The SMILES string of the molecule is COc1ccccc1CN1CCN(S(=O)(=O)c2cc(C)ccc2OC)CC1. The molecular weight excluding hydrogens is 364 g/mol. The highest BCUT2D eigenvalue weighted by atomic mass is 32.2. The van der Waals surface area contributed by atoms with E-state index in [1.165, 1.54) is 7.11 Å². The number of para-hydroxylation sites is 1. The van der Waals surface area contributed by atoms with Gasteiger partial charge in [0.2, 0.25) is 10.0 Å². The fourth-order valence-corrected chi connectivity index (χ4v) is 4.99. The van der Waals surface area contributed by atoms with Gasteiger partial charge in [-0.1, -0.05) is 24.3 Å². The Balaban J connectivity index is 1.71. The standard InChI is InChI=1S/C20H26N2O4S/c1-16-8-9-19(26-3)20(14-16)27(23,24)22-12-10-21(11-13-22)15-17-6-4-5-7-18(17)25-2/h4-9,14H,10-13,15H2,1-3H3. The lowest BCUT2D eigenvalue weighted by Crippen LogP contribution is -2.48. The predicted octanol–water partition coefficient (Wildman–Crippen LogP) is 2.52. The molecule has 0 unspecified atom stereocenters. The van der Waals surface area contributed by atoms with Crippen molar-refractivity contribution >= 4 is 10.0 Å². The summed E-state index contributed by atoms with van der Waals surface area (Å²) in [6.07, 6.45) is 0. The molecule has 0 bridgehead atoms. The lowest BCUT2D eigenvalue weighted by molar-refractivity contribution is 0.180. The molecule has 2 aromatic rings. The van der Waals surface area contributed by atoms with Gasteiger partial charge in [0.1, 0.15) is 16.4 Å². The first-order valence-electron chi connectivity index (χ1n) is 8.94. The van der Waals surface area contributed by atoms with Crippen molar-refractivity contribution in [3.8, 4) is 11.5 Å². The molecule has 6 nitrogen and oxygen atoms in total. The van der Waals surface area contributed by atoms with E-state index in [1.54, 1.807) is 23.5 Å². The van der Waals surface area contributed by atoms with E-state index in [0.29, 0.717) is 31.9 Å². The lowest BCUT2D eigenvalue weighted by atomic mass is 10.2. The Bertz CT molecular complexity index is 891. The van der Waals surface area contributed by atoms with E-state index in [4.69, 9.17) is 9.47 Å². The highest BCUT2D eigenvalue weighted by Gasteiger charge is 2.31. The van der Waals surface area contributed by atoms with Crippen molar-refractivity contribution in [2.24, 2.45) is 0 Å². The molecule has 0 atom stereocenters. The summed E-state index contributed by atoms with van der Waals surface area (Å²) >= 11 is 0. The van der Waals surface area contributed by atoms with Gasteiger partial charge in [-0.25, -0.2) is 8.42 Å². The molecule has 0 radical (unpaired) electrons. The first kappa shape index (κ1) is 19.7. The van der Waals surface area contributed by atoms with E-state index < -0.39 is 10.0 Å². The third-order valence-electron chi connectivity index (χ3n) is 4.85. The average molecular weight is 391 g/mol. The molecule has 0 aliphatic carbocycles. The number of benzene rings is 2. The monoisotopic (exact) mass is 390 g/mol. The minimum absolute atomic E-state index is 0.239. The molecule has 1 aliphatic heterocycles. The van der Waals surface area contributed by atoms with Gasteiger partial charge in [0.15, 0.2) is 0 Å². The van der Waals surface area contributed by atoms with Crippen molar-refractivity contribution in [1.82, 2.24) is 9.21 Å². The van der Waals surface area contributed by atoms with Crippen LogP contribution < -0.4 is 9.47 Å². The Labute approximate surface area is 161 Å². The van der Waals surface area contributed by atoms with E-state index >= 15 is 0 Å². The summed E-state index contributed by atoms with van der Waals surface area (Å²) in [5, 5.41) is 0. The molecule has 0 amide bonds. The second-order valence-electron chi connectivity index (χ2n) is 6.65. The number of sulfonamides is 1. The second-order valence-corrected chi connectivity index (χ2v) is 8.55. The van der Waals surface area contributed by atoms with Crippen molar-refractivity contribution < 1.29 is 17.9 Å². The number of piperazine rings is 1. The maximum Gasteiger partial charge on any atom is 0.246 e. The Morgan fingerprint density at radius 3 is 2.26 bits per heavy atom. The van der Waals surface area contributed by atoms with E-state index in [2.05, 4.69) is 4.90 Å². The maximum atomic E-state index is 13.1. The van der Waals surface area contributed by atoms with E-state index in [9.17, 15) is 8.42 Å². The van der Waals surface area contributed by atoms with Crippen LogP contribution >= 0.6 is 0 Å². The van der Waals surface area contributed by atoms with Crippen LogP contribution in [0, 0.1) is 6.92 Å². The Kier molecular flexibility index (Phi) is 6.04. The summed E-state index contributed by atoms with van der Waals surface area (Å²) in [7, 11) is -0.419. The van der Waals surface area contributed by atoms with Crippen LogP contribution in [0.5, 0.6) is 11.5 Å². The smallest absolute Gasteiger partial charge is 0.246 e. The molecule has 0 saturated carbocycles. The zero-order valence-corrected chi connectivity index (χ0v) is 16.8. The number of nitrogens with zero attached hydrogens (tertiary/aromatic N) is 2. The van der Waals surface area contributed by atoms with E-state index in [1.807, 2.05) is 37.3 Å². The van der Waals surface area contributed by atoms with Gasteiger partial charge in [-0.3, -0.25) is 4.90 Å². The summed E-state index contributed by atoms with van der Waals surface area (Å²) in [6, 6.07) is 13.2. The molecule has 0 N–H and O–H groups in total. The summed E-state index contributed by atoms with van der Waals surface area (Å²) < 4.78 is 38.4. The topological polar surface area (TPSA) is 59.1 Å². The summed E-state index contributed by atoms with van der Waals surface area (Å²) in [5.74, 6) is 1.24. The van der Waals surface area contributed by atoms with Crippen molar-refractivity contribution in [1.29, 1.82) is 0 Å². The van der Waals surface area contributed by atoms with Crippen LogP contribution in [-0.4, -0.2) is 58.0 Å². The quantitative estimate of drug-likeness (QED) is 0.759. The maximum absolute atomic E-state index is 13.1. The number of hydrogen-bond acceptors (Lipinski definition) is 5. The van der Waals surface area contributed by atoms with Gasteiger partial charge in [0.05, 0.1) is 14.2 Å². The van der Waals surface area contributed by atoms with Crippen molar-refractivity contribution in [3.63, 3.8) is 0 Å². The van der Waals surface area contributed by atoms with Gasteiger partial charge < -0.3 is 9.47 Å². The Hall–Kier alpha value is -2.09. The molecule has 1 heterocycles. The molecule has 7 heteroatoms. The average Bonchev–Trinajstić information content (AvgIpc) is 2.69. The largest absolute Gasteiger partial charge is 0.496 e.